The number of hydrogen-bond acceptors (Lipinski definition) is 3. The molecule has 1 atom stereocenters. The van der Waals surface area contributed by atoms with Gasteiger partial charge < -0.3 is 14.5 Å². The molecule has 0 aromatic heterocycles. The Morgan fingerprint density at radius 2 is 1.89 bits per heavy atom. The molecular formula is C25H31N2O. The maximum atomic E-state index is 6.46. The van der Waals surface area contributed by atoms with Crippen LogP contribution in [0.25, 0.3) is 6.08 Å². The number of nitrogens with zero attached hydrogens (tertiary/aromatic N) is 2. The summed E-state index contributed by atoms with van der Waals surface area (Å²) in [5.74, 6) is 0. The average molecular weight is 376 g/mol. The molecule has 147 valence electrons. The van der Waals surface area contributed by atoms with Gasteiger partial charge in [0.1, 0.15) is 0 Å². The van der Waals surface area contributed by atoms with Crippen molar-refractivity contribution >= 4 is 17.5 Å². The third kappa shape index (κ3) is 2.84. The molecule has 3 heteroatoms. The van der Waals surface area contributed by atoms with E-state index < -0.39 is 5.72 Å². The molecule has 28 heavy (non-hydrogen) atoms. The second-order valence-corrected chi connectivity index (χ2v) is 8.60. The molecule has 0 amide bonds. The number of rotatable bonds is 5. The van der Waals surface area contributed by atoms with Gasteiger partial charge in [0, 0.05) is 37.4 Å². The van der Waals surface area contributed by atoms with Crippen LogP contribution in [0.4, 0.5) is 11.4 Å². The molecule has 1 radical (unpaired) electrons. The first kappa shape index (κ1) is 19.1. The molecule has 1 saturated heterocycles. The first-order valence-electron chi connectivity index (χ1n) is 10.2. The number of fused-ring (bicyclic) bond motifs is 3. The summed E-state index contributed by atoms with van der Waals surface area (Å²) in [6, 6.07) is 15.5. The van der Waals surface area contributed by atoms with Crippen molar-refractivity contribution in [2.45, 2.75) is 37.8 Å². The molecule has 2 heterocycles. The fourth-order valence-corrected chi connectivity index (χ4v) is 4.66. The van der Waals surface area contributed by atoms with Crippen LogP contribution in [0.3, 0.4) is 0 Å². The van der Waals surface area contributed by atoms with Gasteiger partial charge >= 0.3 is 0 Å². The van der Waals surface area contributed by atoms with E-state index in [4.69, 9.17) is 4.74 Å². The zero-order valence-electron chi connectivity index (χ0n) is 17.5. The molecule has 3 nitrogen and oxygen atoms in total. The van der Waals surface area contributed by atoms with Gasteiger partial charge in [0.2, 0.25) is 0 Å². The molecule has 1 fully saturated rings. The molecule has 0 spiro atoms. The Morgan fingerprint density at radius 1 is 1.14 bits per heavy atom. The number of ether oxygens (including phenoxy) is 1. The van der Waals surface area contributed by atoms with Gasteiger partial charge in [-0.05, 0) is 53.8 Å². The van der Waals surface area contributed by atoms with E-state index in [0.29, 0.717) is 0 Å². The first-order chi connectivity index (χ1) is 13.4. The van der Waals surface area contributed by atoms with Crippen LogP contribution in [0, 0.1) is 6.92 Å². The molecular weight excluding hydrogens is 344 g/mol. The van der Waals surface area contributed by atoms with Crippen molar-refractivity contribution in [3.8, 4) is 0 Å². The van der Waals surface area contributed by atoms with Crippen molar-refractivity contribution < 1.29 is 4.74 Å². The summed E-state index contributed by atoms with van der Waals surface area (Å²) < 4.78 is 6.46. The Kier molecular flexibility index (Phi) is 4.75. The van der Waals surface area contributed by atoms with Gasteiger partial charge in [0.15, 0.2) is 5.72 Å². The van der Waals surface area contributed by atoms with Crippen LogP contribution in [0.5, 0.6) is 0 Å². The Bertz CT molecular complexity index is 882. The van der Waals surface area contributed by atoms with Crippen molar-refractivity contribution in [2.75, 3.05) is 37.0 Å². The van der Waals surface area contributed by atoms with Crippen LogP contribution in [0.1, 0.15) is 37.0 Å². The van der Waals surface area contributed by atoms with Crippen LogP contribution >= 0.6 is 0 Å². The Morgan fingerprint density at radius 3 is 2.57 bits per heavy atom. The fraction of sp³-hybridized carbons (Fsp3) is 0.400. The summed E-state index contributed by atoms with van der Waals surface area (Å²) in [5, 5.41) is 0. The third-order valence-corrected chi connectivity index (χ3v) is 6.34. The lowest BCUT2D eigenvalue weighted by Crippen LogP contribution is -2.51. The minimum absolute atomic E-state index is 0.129. The molecule has 2 aliphatic heterocycles. The Balaban J connectivity index is 1.70. The highest BCUT2D eigenvalue weighted by Gasteiger charge is 2.59. The molecule has 2 aliphatic rings. The molecule has 4 rings (SSSR count). The highest BCUT2D eigenvalue weighted by molar-refractivity contribution is 5.70. The summed E-state index contributed by atoms with van der Waals surface area (Å²) in [7, 11) is 4.13. The zero-order chi connectivity index (χ0) is 19.9. The van der Waals surface area contributed by atoms with Crippen molar-refractivity contribution in [3.63, 3.8) is 0 Å². The van der Waals surface area contributed by atoms with Crippen LogP contribution in [0.2, 0.25) is 0 Å². The van der Waals surface area contributed by atoms with Crippen molar-refractivity contribution in [1.29, 1.82) is 0 Å². The lowest BCUT2D eigenvalue weighted by Gasteiger charge is -2.39. The normalized spacial score (nSPS) is 22.5. The molecule has 1 unspecified atom stereocenters. The number of benzene rings is 2. The molecule has 0 saturated carbocycles. The van der Waals surface area contributed by atoms with Crippen LogP contribution in [-0.4, -0.2) is 33.0 Å². The second-order valence-electron chi connectivity index (χ2n) is 8.60. The zero-order valence-corrected chi connectivity index (χ0v) is 17.5. The van der Waals surface area contributed by atoms with E-state index >= 15 is 0 Å². The Hall–Kier alpha value is -2.26. The standard InChI is InChI=1S/C25H31N2O/c1-6-7-20-10-13-23-22(18-20)24(2,3)25(27(23)16-17-28-25)15-14-19-8-11-21(12-9-19)26(4)5/h8-15,18H,1,6-7,16-17H2,2-5H3/b15-14+. The second kappa shape index (κ2) is 6.97. The maximum Gasteiger partial charge on any atom is 0.170 e. The number of anilines is 2. The van der Waals surface area contributed by atoms with Crippen molar-refractivity contribution in [2.24, 2.45) is 0 Å². The Labute approximate surface area is 169 Å². The van der Waals surface area contributed by atoms with Crippen LogP contribution in [0.15, 0.2) is 48.5 Å². The van der Waals surface area contributed by atoms with Crippen molar-refractivity contribution in [1.82, 2.24) is 0 Å². The highest BCUT2D eigenvalue weighted by atomic mass is 16.5. The van der Waals surface area contributed by atoms with E-state index in [0.717, 1.165) is 26.0 Å². The molecule has 0 aliphatic carbocycles. The van der Waals surface area contributed by atoms with Gasteiger partial charge in [0.05, 0.1) is 6.61 Å². The van der Waals surface area contributed by atoms with E-state index in [1.165, 1.54) is 28.1 Å². The smallest absolute Gasteiger partial charge is 0.170 e. The predicted octanol–water partition coefficient (Wildman–Crippen LogP) is 5.06. The maximum absolute atomic E-state index is 6.46. The molecule has 2 aromatic rings. The minimum Gasteiger partial charge on any atom is -0.378 e. The lowest BCUT2D eigenvalue weighted by molar-refractivity contribution is 0.000325. The summed E-state index contributed by atoms with van der Waals surface area (Å²) in [4.78, 5) is 4.56. The monoisotopic (exact) mass is 375 g/mol. The van der Waals surface area contributed by atoms with E-state index in [2.05, 4.69) is 99.3 Å². The predicted molar refractivity (Wildman–Crippen MR) is 119 cm³/mol. The molecule has 0 N–H and O–H groups in total. The van der Waals surface area contributed by atoms with Crippen LogP contribution < -0.4 is 9.80 Å². The van der Waals surface area contributed by atoms with Gasteiger partial charge in [-0.1, -0.05) is 51.1 Å². The van der Waals surface area contributed by atoms with E-state index in [9.17, 15) is 0 Å². The summed E-state index contributed by atoms with van der Waals surface area (Å²) >= 11 is 0. The largest absolute Gasteiger partial charge is 0.378 e. The minimum atomic E-state index is -0.432. The first-order valence-corrected chi connectivity index (χ1v) is 10.2. The SMILES string of the molecule is [CH2]CCc1ccc2c(c1)C(C)(C)C1(/C=C/c3ccc(N(C)C)cc3)OCCN21. The number of hydrogen-bond donors (Lipinski definition) is 0. The summed E-state index contributed by atoms with van der Waals surface area (Å²) in [6.07, 6.45) is 6.42. The highest BCUT2D eigenvalue weighted by Crippen LogP contribution is 2.55. The van der Waals surface area contributed by atoms with E-state index in [1.807, 2.05) is 0 Å². The van der Waals surface area contributed by atoms with E-state index in [1.54, 1.807) is 0 Å². The van der Waals surface area contributed by atoms with Gasteiger partial charge in [-0.3, -0.25) is 0 Å². The van der Waals surface area contributed by atoms with Crippen LogP contribution in [-0.2, 0) is 16.6 Å². The molecule has 0 bridgehead atoms. The van der Waals surface area contributed by atoms with Gasteiger partial charge in [-0.25, -0.2) is 0 Å². The quantitative estimate of drug-likeness (QED) is 0.727. The lowest BCUT2D eigenvalue weighted by atomic mass is 9.76. The summed E-state index contributed by atoms with van der Waals surface area (Å²) in [5.41, 5.74) is 5.89. The fourth-order valence-electron chi connectivity index (χ4n) is 4.66. The number of aryl methyl sites for hydroxylation is 1. The topological polar surface area (TPSA) is 15.7 Å². The van der Waals surface area contributed by atoms with E-state index in [-0.39, 0.29) is 5.41 Å². The third-order valence-electron chi connectivity index (χ3n) is 6.34. The average Bonchev–Trinajstić information content (AvgIpc) is 3.18. The van der Waals surface area contributed by atoms with Gasteiger partial charge in [0.25, 0.3) is 0 Å². The summed E-state index contributed by atoms with van der Waals surface area (Å²) in [6.45, 7) is 10.3. The van der Waals surface area contributed by atoms with Crippen molar-refractivity contribution in [3.05, 3.63) is 72.2 Å². The molecule has 2 aromatic carbocycles. The van der Waals surface area contributed by atoms with Gasteiger partial charge in [-0.2, -0.15) is 0 Å². The van der Waals surface area contributed by atoms with Gasteiger partial charge in [-0.15, -0.1) is 0 Å².